The first-order valence-corrected chi connectivity index (χ1v) is 20.3. The van der Waals surface area contributed by atoms with Gasteiger partial charge in [0.1, 0.15) is 5.75 Å². The van der Waals surface area contributed by atoms with Crippen molar-refractivity contribution in [3.63, 3.8) is 0 Å². The van der Waals surface area contributed by atoms with Crippen LogP contribution in [0.2, 0.25) is 0 Å². The Bertz CT molecular complexity index is 1630. The largest absolute Gasteiger partial charge is 0.508 e. The molecule has 5 saturated carbocycles. The van der Waals surface area contributed by atoms with Gasteiger partial charge in [-0.1, -0.05) is 44.1 Å². The molecule has 2 aliphatic heterocycles. The number of aromatic amines is 1. The van der Waals surface area contributed by atoms with E-state index < -0.39 is 11.1 Å². The standard InChI is InChI=1S/C44H60N2O3/c1-3-28-20-38(46-26-28)32-9-6-10-34(21-32)41(2)40-33-12-14-35(27-47)44(40,45)39-11-7-8-30-22-37(48)15-13-31(30)18-29-19-36(43(39,24-33)49-41)25-42(23-29)16-4-5-17-42/h13,15,20,22,26,29,32-36,39-40,46-48H,3-6,8-10,12,14,16-19,21,23-25,27,45H2,1-2H3. The quantitative estimate of drug-likeness (QED) is 0.248. The Kier molecular flexibility index (Phi) is 7.92. The first-order chi connectivity index (χ1) is 23.7. The van der Waals surface area contributed by atoms with Gasteiger partial charge in [-0.25, -0.2) is 0 Å². The monoisotopic (exact) mass is 664 g/mol. The van der Waals surface area contributed by atoms with E-state index in [1.807, 2.05) is 12.1 Å². The predicted molar refractivity (Wildman–Crippen MR) is 194 cm³/mol. The van der Waals surface area contributed by atoms with Crippen molar-refractivity contribution in [1.29, 1.82) is 0 Å². The Morgan fingerprint density at radius 2 is 1.84 bits per heavy atom. The third-order valence-corrected chi connectivity index (χ3v) is 16.1. The predicted octanol–water partition coefficient (Wildman–Crippen LogP) is 8.22. The molecule has 0 radical (unpaired) electrons. The lowest BCUT2D eigenvalue weighted by atomic mass is 9.38. The van der Waals surface area contributed by atoms with E-state index in [4.69, 9.17) is 10.5 Å². The highest BCUT2D eigenvalue weighted by Gasteiger charge is 2.76. The topological polar surface area (TPSA) is 91.5 Å². The van der Waals surface area contributed by atoms with Crippen LogP contribution >= 0.6 is 0 Å². The fourth-order valence-electron chi connectivity index (χ4n) is 14.2. The molecule has 2 saturated heterocycles. The molecule has 7 fully saturated rings. The second-order valence-electron chi connectivity index (χ2n) is 18.5. The number of hydrogen-bond donors (Lipinski definition) is 4. The van der Waals surface area contributed by atoms with E-state index in [0.29, 0.717) is 47.2 Å². The van der Waals surface area contributed by atoms with Gasteiger partial charge in [-0.3, -0.25) is 0 Å². The zero-order valence-electron chi connectivity index (χ0n) is 30.1. The van der Waals surface area contributed by atoms with Crippen molar-refractivity contribution in [1.82, 2.24) is 4.98 Å². The number of aromatic nitrogens is 1. The number of ether oxygens (including phenoxy) is 1. The summed E-state index contributed by atoms with van der Waals surface area (Å²) in [6.45, 7) is 4.87. The molecule has 11 atom stereocenters. The molecule has 2 aromatic rings. The van der Waals surface area contributed by atoms with Crippen molar-refractivity contribution in [3.05, 3.63) is 52.8 Å². The Labute approximate surface area is 294 Å². The molecule has 5 heteroatoms. The fraction of sp³-hybridized carbons (Fsp3) is 0.727. The summed E-state index contributed by atoms with van der Waals surface area (Å²) in [5.41, 5.74) is 12.5. The van der Waals surface area contributed by atoms with Gasteiger partial charge in [-0.15, -0.1) is 0 Å². The van der Waals surface area contributed by atoms with Crippen LogP contribution in [-0.4, -0.2) is 38.5 Å². The highest BCUT2D eigenvalue weighted by Crippen LogP contribution is 2.71. The number of phenols is 1. The number of H-pyrrole nitrogens is 1. The molecule has 1 aromatic carbocycles. The summed E-state index contributed by atoms with van der Waals surface area (Å²) in [6.07, 6.45) is 22.1. The highest BCUT2D eigenvalue weighted by molar-refractivity contribution is 5.40. The van der Waals surface area contributed by atoms with Crippen molar-refractivity contribution in [3.8, 4) is 17.6 Å². The van der Waals surface area contributed by atoms with Crippen molar-refractivity contribution in [2.45, 2.75) is 146 Å². The van der Waals surface area contributed by atoms with Crippen LogP contribution in [-0.2, 0) is 24.0 Å². The lowest BCUT2D eigenvalue weighted by Gasteiger charge is -2.75. The van der Waals surface area contributed by atoms with Crippen LogP contribution in [0.1, 0.15) is 132 Å². The molecule has 10 rings (SSSR count). The van der Waals surface area contributed by atoms with Crippen LogP contribution in [0.3, 0.4) is 0 Å². The van der Waals surface area contributed by atoms with E-state index in [2.05, 4.69) is 49.0 Å². The molecule has 1 aromatic heterocycles. The summed E-state index contributed by atoms with van der Waals surface area (Å²) in [5.74, 6) is 10.6. The molecule has 3 heterocycles. The van der Waals surface area contributed by atoms with Gasteiger partial charge in [-0.2, -0.15) is 0 Å². The van der Waals surface area contributed by atoms with Crippen molar-refractivity contribution >= 4 is 0 Å². The van der Waals surface area contributed by atoms with E-state index >= 15 is 0 Å². The van der Waals surface area contributed by atoms with Crippen LogP contribution in [0.5, 0.6) is 5.75 Å². The number of nitrogens with one attached hydrogen (secondary N) is 1. The maximum Gasteiger partial charge on any atom is 0.115 e. The highest BCUT2D eigenvalue weighted by atomic mass is 16.5. The summed E-state index contributed by atoms with van der Waals surface area (Å²) in [6, 6.07) is 8.43. The van der Waals surface area contributed by atoms with Gasteiger partial charge in [-0.05, 0) is 160 Å². The van der Waals surface area contributed by atoms with Gasteiger partial charge in [0.25, 0.3) is 0 Å². The number of hydrogen-bond acceptors (Lipinski definition) is 4. The fourth-order valence-corrected chi connectivity index (χ4v) is 14.2. The Hall–Kier alpha value is -2.26. The van der Waals surface area contributed by atoms with Crippen molar-refractivity contribution in [2.24, 2.45) is 52.6 Å². The van der Waals surface area contributed by atoms with Crippen molar-refractivity contribution in [2.75, 3.05) is 6.61 Å². The Balaban J connectivity index is 1.18. The minimum atomic E-state index is -0.587. The van der Waals surface area contributed by atoms with Crippen LogP contribution in [0.4, 0.5) is 0 Å². The molecule has 6 bridgehead atoms. The van der Waals surface area contributed by atoms with E-state index in [-0.39, 0.29) is 30.0 Å². The van der Waals surface area contributed by atoms with E-state index in [0.717, 1.165) is 38.5 Å². The third kappa shape index (κ3) is 4.97. The second-order valence-corrected chi connectivity index (χ2v) is 18.5. The van der Waals surface area contributed by atoms with Gasteiger partial charge in [0, 0.05) is 42.3 Å². The molecular weight excluding hydrogens is 604 g/mol. The molecule has 49 heavy (non-hydrogen) atoms. The number of benzene rings is 1. The smallest absolute Gasteiger partial charge is 0.115 e. The molecule has 5 N–H and O–H groups in total. The lowest BCUT2D eigenvalue weighted by Crippen LogP contribution is -2.84. The van der Waals surface area contributed by atoms with E-state index in [9.17, 15) is 10.2 Å². The number of nitrogens with two attached hydrogens (primary N) is 1. The minimum Gasteiger partial charge on any atom is -0.508 e. The number of rotatable bonds is 4. The summed E-state index contributed by atoms with van der Waals surface area (Å²) >= 11 is 0. The molecule has 6 aliphatic carbocycles. The number of phenolic OH excluding ortho intramolecular Hbond substituents is 1. The number of fused-ring (bicyclic) bond motifs is 4. The maximum atomic E-state index is 11.2. The maximum absolute atomic E-state index is 11.2. The van der Waals surface area contributed by atoms with Crippen LogP contribution < -0.4 is 5.73 Å². The lowest BCUT2D eigenvalue weighted by molar-refractivity contribution is -0.362. The SMILES string of the molecule is CCc1c[nH]c(C2CCCC(C3(C)OC45CC6CCC(CO)C(N)(C63)C4C#CCc3cc(O)ccc3CC3CC5CC4(CCCC4)C3)C2)c1. The minimum absolute atomic E-state index is 0.0344. The zero-order chi connectivity index (χ0) is 33.6. The van der Waals surface area contributed by atoms with Gasteiger partial charge in [0.05, 0.1) is 17.1 Å². The first-order valence-electron chi connectivity index (χ1n) is 20.3. The zero-order valence-corrected chi connectivity index (χ0v) is 30.1. The van der Waals surface area contributed by atoms with Gasteiger partial charge in [0.2, 0.25) is 0 Å². The van der Waals surface area contributed by atoms with Crippen LogP contribution in [0.15, 0.2) is 30.5 Å². The van der Waals surface area contributed by atoms with E-state index in [1.54, 1.807) is 0 Å². The number of aliphatic hydroxyl groups excluding tert-OH is 1. The number of aliphatic hydroxyl groups is 1. The van der Waals surface area contributed by atoms with Crippen LogP contribution in [0.25, 0.3) is 0 Å². The van der Waals surface area contributed by atoms with Crippen LogP contribution in [0, 0.1) is 58.7 Å². The number of aryl methyl sites for hydroxylation is 1. The van der Waals surface area contributed by atoms with Gasteiger partial charge < -0.3 is 25.7 Å². The van der Waals surface area contributed by atoms with E-state index in [1.165, 1.54) is 86.6 Å². The average Bonchev–Trinajstić information content (AvgIpc) is 3.76. The Morgan fingerprint density at radius 1 is 0.980 bits per heavy atom. The molecule has 8 aliphatic rings. The summed E-state index contributed by atoms with van der Waals surface area (Å²) in [5, 5.41) is 21.7. The van der Waals surface area contributed by atoms with Gasteiger partial charge >= 0.3 is 0 Å². The number of aromatic hydroxyl groups is 1. The molecule has 5 nitrogen and oxygen atoms in total. The molecule has 0 amide bonds. The average molecular weight is 665 g/mol. The molecule has 11 unspecified atom stereocenters. The first kappa shape index (κ1) is 32.6. The van der Waals surface area contributed by atoms with Crippen molar-refractivity contribution < 1.29 is 14.9 Å². The molecular formula is C44H60N2O3. The second kappa shape index (κ2) is 11.9. The third-order valence-electron chi connectivity index (χ3n) is 16.1. The molecule has 2 spiro atoms. The molecule has 264 valence electrons. The van der Waals surface area contributed by atoms with Gasteiger partial charge in [0.15, 0.2) is 0 Å². The Morgan fingerprint density at radius 3 is 2.63 bits per heavy atom. The summed E-state index contributed by atoms with van der Waals surface area (Å²) < 4.78 is 8.15. The normalized spacial score (nSPS) is 43.6. The summed E-state index contributed by atoms with van der Waals surface area (Å²) in [7, 11) is 0. The summed E-state index contributed by atoms with van der Waals surface area (Å²) in [4.78, 5) is 3.67.